The summed E-state index contributed by atoms with van der Waals surface area (Å²) in [5.74, 6) is 0.163. The number of methoxy groups -OCH3 is 2. The monoisotopic (exact) mass is 439 g/mol. The van der Waals surface area contributed by atoms with Crippen LogP contribution in [0.5, 0.6) is 11.5 Å². The van der Waals surface area contributed by atoms with Crippen molar-refractivity contribution in [2.45, 2.75) is 43.0 Å². The molecule has 0 bridgehead atoms. The van der Waals surface area contributed by atoms with Crippen molar-refractivity contribution < 1.29 is 27.5 Å². The van der Waals surface area contributed by atoms with Gasteiger partial charge in [-0.1, -0.05) is 0 Å². The van der Waals surface area contributed by atoms with Crippen LogP contribution < -0.4 is 20.1 Å². The molecular formula is C20H29N3O6S. The summed E-state index contributed by atoms with van der Waals surface area (Å²) in [6, 6.07) is 3.98. The summed E-state index contributed by atoms with van der Waals surface area (Å²) in [6.45, 7) is 1.12. The van der Waals surface area contributed by atoms with Crippen LogP contribution in [-0.4, -0.2) is 64.4 Å². The zero-order valence-electron chi connectivity index (χ0n) is 17.3. The smallest absolute Gasteiger partial charge is 0.243 e. The number of hydrogen-bond donors (Lipinski definition) is 2. The quantitative estimate of drug-likeness (QED) is 0.681. The highest BCUT2D eigenvalue weighted by Crippen LogP contribution is 2.32. The molecule has 2 fully saturated rings. The molecule has 9 nitrogen and oxygen atoms in total. The van der Waals surface area contributed by atoms with Gasteiger partial charge in [0.2, 0.25) is 21.8 Å². The number of nitrogens with zero attached hydrogens (tertiary/aromatic N) is 1. The van der Waals surface area contributed by atoms with Crippen LogP contribution in [0.4, 0.5) is 0 Å². The molecule has 1 atom stereocenters. The Kier molecular flexibility index (Phi) is 7.19. The maximum absolute atomic E-state index is 13.0. The van der Waals surface area contributed by atoms with Crippen LogP contribution >= 0.6 is 0 Å². The van der Waals surface area contributed by atoms with Gasteiger partial charge in [-0.2, -0.15) is 4.31 Å². The fourth-order valence-corrected chi connectivity index (χ4v) is 5.34. The lowest BCUT2D eigenvalue weighted by molar-refractivity contribution is -0.131. The first-order valence-corrected chi connectivity index (χ1v) is 11.6. The van der Waals surface area contributed by atoms with Crippen molar-refractivity contribution in [2.75, 3.05) is 33.9 Å². The SMILES string of the molecule is COc1ccc(S(=O)(=O)N2CCC(C(=O)NC3CCCCNC3=O)CC2)cc1OC. The van der Waals surface area contributed by atoms with Gasteiger partial charge in [0.05, 0.1) is 19.1 Å². The minimum Gasteiger partial charge on any atom is -0.493 e. The lowest BCUT2D eigenvalue weighted by Crippen LogP contribution is -2.49. The van der Waals surface area contributed by atoms with E-state index < -0.39 is 16.1 Å². The molecule has 2 N–H and O–H groups in total. The lowest BCUT2D eigenvalue weighted by Gasteiger charge is -2.31. The average molecular weight is 440 g/mol. The number of rotatable bonds is 6. The lowest BCUT2D eigenvalue weighted by atomic mass is 9.96. The molecule has 2 amide bonds. The van der Waals surface area contributed by atoms with Crippen LogP contribution in [-0.2, 0) is 19.6 Å². The number of nitrogens with one attached hydrogen (secondary N) is 2. The Morgan fingerprint density at radius 1 is 1.10 bits per heavy atom. The topological polar surface area (TPSA) is 114 Å². The molecule has 30 heavy (non-hydrogen) atoms. The Morgan fingerprint density at radius 2 is 1.80 bits per heavy atom. The van der Waals surface area contributed by atoms with E-state index in [1.807, 2.05) is 0 Å². The Hall–Kier alpha value is -2.33. The van der Waals surface area contributed by atoms with Gasteiger partial charge in [-0.25, -0.2) is 8.42 Å². The molecule has 2 aliphatic rings. The Bertz CT molecular complexity index is 881. The van der Waals surface area contributed by atoms with Crippen molar-refractivity contribution in [1.29, 1.82) is 0 Å². The van der Waals surface area contributed by atoms with Crippen molar-refractivity contribution in [1.82, 2.24) is 14.9 Å². The standard InChI is InChI=1S/C20H29N3O6S/c1-28-17-7-6-15(13-18(17)29-2)30(26,27)23-11-8-14(9-12-23)19(24)22-16-5-3-4-10-21-20(16)25/h6-7,13-14,16H,3-5,8-12H2,1-2H3,(H,21,25)(H,22,24). The van der Waals surface area contributed by atoms with E-state index in [0.717, 1.165) is 12.8 Å². The zero-order chi connectivity index (χ0) is 21.7. The first-order valence-electron chi connectivity index (χ1n) is 10.2. The van der Waals surface area contributed by atoms with Crippen molar-refractivity contribution in [2.24, 2.45) is 5.92 Å². The summed E-state index contributed by atoms with van der Waals surface area (Å²) < 4.78 is 37.8. The number of ether oxygens (including phenoxy) is 2. The molecule has 2 saturated heterocycles. The molecule has 10 heteroatoms. The number of carbonyl (C=O) groups excluding carboxylic acids is 2. The molecule has 1 aromatic rings. The van der Waals surface area contributed by atoms with Crippen LogP contribution in [0.15, 0.2) is 23.1 Å². The van der Waals surface area contributed by atoms with Gasteiger partial charge in [-0.15, -0.1) is 0 Å². The number of amides is 2. The van der Waals surface area contributed by atoms with Crippen molar-refractivity contribution >= 4 is 21.8 Å². The van der Waals surface area contributed by atoms with Crippen LogP contribution in [0.3, 0.4) is 0 Å². The third-order valence-electron chi connectivity index (χ3n) is 5.67. The fourth-order valence-electron chi connectivity index (χ4n) is 3.85. The first kappa shape index (κ1) is 22.4. The summed E-state index contributed by atoms with van der Waals surface area (Å²) in [7, 11) is -0.770. The Balaban J connectivity index is 1.61. The van der Waals surface area contributed by atoms with Gasteiger partial charge in [0.25, 0.3) is 0 Å². The third-order valence-corrected chi connectivity index (χ3v) is 7.56. The zero-order valence-corrected chi connectivity index (χ0v) is 18.2. The van der Waals surface area contributed by atoms with Crippen LogP contribution in [0.2, 0.25) is 0 Å². The van der Waals surface area contributed by atoms with Gasteiger partial charge in [0.15, 0.2) is 11.5 Å². The molecule has 2 heterocycles. The van der Waals surface area contributed by atoms with E-state index in [2.05, 4.69) is 10.6 Å². The van der Waals surface area contributed by atoms with E-state index in [1.54, 1.807) is 6.07 Å². The van der Waals surface area contributed by atoms with E-state index in [-0.39, 0.29) is 35.7 Å². The van der Waals surface area contributed by atoms with Gasteiger partial charge in [0, 0.05) is 31.6 Å². The third kappa shape index (κ3) is 4.86. The highest BCUT2D eigenvalue weighted by Gasteiger charge is 2.34. The van der Waals surface area contributed by atoms with Gasteiger partial charge >= 0.3 is 0 Å². The second-order valence-electron chi connectivity index (χ2n) is 7.54. The predicted octanol–water partition coefficient (Wildman–Crippen LogP) is 0.889. The molecule has 0 spiro atoms. The average Bonchev–Trinajstić information content (AvgIpc) is 2.97. The molecule has 0 radical (unpaired) electrons. The number of hydrogen-bond acceptors (Lipinski definition) is 6. The first-order chi connectivity index (χ1) is 14.4. The molecule has 3 rings (SSSR count). The van der Waals surface area contributed by atoms with Gasteiger partial charge in [0.1, 0.15) is 6.04 Å². The summed E-state index contributed by atoms with van der Waals surface area (Å²) in [4.78, 5) is 24.8. The summed E-state index contributed by atoms with van der Waals surface area (Å²) in [5.41, 5.74) is 0. The van der Waals surface area contributed by atoms with Crippen LogP contribution in [0, 0.1) is 5.92 Å². The van der Waals surface area contributed by atoms with Crippen molar-refractivity contribution in [3.05, 3.63) is 18.2 Å². The van der Waals surface area contributed by atoms with Gasteiger partial charge < -0.3 is 20.1 Å². The molecule has 166 valence electrons. The number of benzene rings is 1. The molecular weight excluding hydrogens is 410 g/mol. The second kappa shape index (κ2) is 9.65. The number of carbonyl (C=O) groups is 2. The van der Waals surface area contributed by atoms with Crippen LogP contribution in [0.1, 0.15) is 32.1 Å². The highest BCUT2D eigenvalue weighted by molar-refractivity contribution is 7.89. The Morgan fingerprint density at radius 3 is 2.47 bits per heavy atom. The molecule has 0 aromatic heterocycles. The largest absolute Gasteiger partial charge is 0.493 e. The summed E-state index contributed by atoms with van der Waals surface area (Å²) in [5, 5.41) is 5.65. The van der Waals surface area contributed by atoms with E-state index in [4.69, 9.17) is 9.47 Å². The maximum Gasteiger partial charge on any atom is 0.243 e. The number of piperidine rings is 1. The van der Waals surface area contributed by atoms with Crippen molar-refractivity contribution in [3.63, 3.8) is 0 Å². The highest BCUT2D eigenvalue weighted by atomic mass is 32.2. The Labute approximate surface area is 177 Å². The fraction of sp³-hybridized carbons (Fsp3) is 0.600. The van der Waals surface area contributed by atoms with Gasteiger partial charge in [-0.3, -0.25) is 9.59 Å². The van der Waals surface area contributed by atoms with Crippen LogP contribution in [0.25, 0.3) is 0 Å². The summed E-state index contributed by atoms with van der Waals surface area (Å²) >= 11 is 0. The predicted molar refractivity (Wildman–Crippen MR) is 110 cm³/mol. The molecule has 1 aromatic carbocycles. The second-order valence-corrected chi connectivity index (χ2v) is 9.48. The van der Waals surface area contributed by atoms with E-state index >= 15 is 0 Å². The van der Waals surface area contributed by atoms with Crippen molar-refractivity contribution in [3.8, 4) is 11.5 Å². The maximum atomic E-state index is 13.0. The molecule has 2 aliphatic heterocycles. The van der Waals surface area contributed by atoms with E-state index in [0.29, 0.717) is 37.3 Å². The van der Waals surface area contributed by atoms with E-state index in [9.17, 15) is 18.0 Å². The number of sulfonamides is 1. The minimum absolute atomic E-state index is 0.123. The molecule has 0 aliphatic carbocycles. The minimum atomic E-state index is -3.71. The molecule has 1 unspecified atom stereocenters. The summed E-state index contributed by atoms with van der Waals surface area (Å²) in [6.07, 6.45) is 3.24. The van der Waals surface area contributed by atoms with E-state index in [1.165, 1.54) is 30.7 Å². The molecule has 0 saturated carbocycles. The van der Waals surface area contributed by atoms with Gasteiger partial charge in [-0.05, 0) is 44.2 Å². The normalized spacial score (nSPS) is 21.4.